The maximum absolute atomic E-state index is 14.0. The first-order valence-corrected chi connectivity index (χ1v) is 7.05. The molecule has 2 aliphatic heterocycles. The molecule has 1 saturated heterocycles. The number of hydrogen-bond acceptors (Lipinski definition) is 4. The first-order valence-electron chi connectivity index (χ1n) is 7.05. The number of fused-ring (bicyclic) bond motifs is 1. The van der Waals surface area contributed by atoms with Crippen LogP contribution in [-0.2, 0) is 9.59 Å². The van der Waals surface area contributed by atoms with Crippen molar-refractivity contribution in [2.75, 3.05) is 5.32 Å². The summed E-state index contributed by atoms with van der Waals surface area (Å²) in [6.45, 7) is 3.48. The second kappa shape index (κ2) is 4.79. The zero-order valence-electron chi connectivity index (χ0n) is 12.3. The SMILES string of the molecule is CC1(C)Nc2cccc(F)c2C(=O)N1C1CCC(=O)NC1=O. The molecule has 6 nitrogen and oxygen atoms in total. The molecular weight excluding hydrogens is 289 g/mol. The van der Waals surface area contributed by atoms with Crippen LogP contribution in [0.5, 0.6) is 0 Å². The van der Waals surface area contributed by atoms with Crippen LogP contribution in [0.15, 0.2) is 18.2 Å². The second-order valence-electron chi connectivity index (χ2n) is 5.99. The number of halogens is 1. The molecule has 2 heterocycles. The summed E-state index contributed by atoms with van der Waals surface area (Å²) in [6, 6.07) is 3.55. The van der Waals surface area contributed by atoms with E-state index < -0.39 is 29.3 Å². The molecule has 1 unspecified atom stereocenters. The van der Waals surface area contributed by atoms with E-state index in [-0.39, 0.29) is 24.3 Å². The molecule has 0 aliphatic carbocycles. The van der Waals surface area contributed by atoms with Crippen LogP contribution >= 0.6 is 0 Å². The van der Waals surface area contributed by atoms with Gasteiger partial charge < -0.3 is 10.2 Å². The topological polar surface area (TPSA) is 78.5 Å². The lowest BCUT2D eigenvalue weighted by Crippen LogP contribution is -2.65. The van der Waals surface area contributed by atoms with Crippen LogP contribution in [0.3, 0.4) is 0 Å². The lowest BCUT2D eigenvalue weighted by Gasteiger charge is -2.48. The van der Waals surface area contributed by atoms with Crippen LogP contribution in [-0.4, -0.2) is 34.3 Å². The Balaban J connectivity index is 2.04. The highest BCUT2D eigenvalue weighted by molar-refractivity contribution is 6.07. The van der Waals surface area contributed by atoms with Gasteiger partial charge in [-0.25, -0.2) is 4.39 Å². The van der Waals surface area contributed by atoms with E-state index in [0.717, 1.165) is 0 Å². The lowest BCUT2D eigenvalue weighted by atomic mass is 9.95. The van der Waals surface area contributed by atoms with Gasteiger partial charge in [0.2, 0.25) is 11.8 Å². The van der Waals surface area contributed by atoms with Crippen LogP contribution < -0.4 is 10.6 Å². The van der Waals surface area contributed by atoms with E-state index in [0.29, 0.717) is 5.69 Å². The summed E-state index contributed by atoms with van der Waals surface area (Å²) in [6.07, 6.45) is 0.381. The molecule has 1 aromatic carbocycles. The van der Waals surface area contributed by atoms with Crippen LogP contribution in [0.1, 0.15) is 37.0 Å². The van der Waals surface area contributed by atoms with Crippen LogP contribution in [0.25, 0.3) is 0 Å². The van der Waals surface area contributed by atoms with Gasteiger partial charge in [-0.05, 0) is 32.4 Å². The van der Waals surface area contributed by atoms with E-state index >= 15 is 0 Å². The number of carbonyl (C=O) groups is 3. The molecule has 0 aromatic heterocycles. The predicted molar refractivity (Wildman–Crippen MR) is 76.4 cm³/mol. The maximum atomic E-state index is 14.0. The molecule has 1 fully saturated rings. The highest BCUT2D eigenvalue weighted by Crippen LogP contribution is 2.35. The molecule has 0 saturated carbocycles. The molecule has 3 amide bonds. The van der Waals surface area contributed by atoms with Crippen molar-refractivity contribution in [3.05, 3.63) is 29.6 Å². The van der Waals surface area contributed by atoms with Crippen molar-refractivity contribution in [1.29, 1.82) is 0 Å². The molecule has 22 heavy (non-hydrogen) atoms. The number of piperidine rings is 1. The zero-order chi connectivity index (χ0) is 16.1. The molecule has 3 rings (SSSR count). The number of imide groups is 1. The Labute approximate surface area is 126 Å². The van der Waals surface area contributed by atoms with Gasteiger partial charge in [-0.1, -0.05) is 6.07 Å². The van der Waals surface area contributed by atoms with E-state index in [1.807, 2.05) is 0 Å². The van der Waals surface area contributed by atoms with Crippen molar-refractivity contribution in [2.45, 2.75) is 38.4 Å². The van der Waals surface area contributed by atoms with E-state index in [4.69, 9.17) is 0 Å². The molecule has 1 aromatic rings. The smallest absolute Gasteiger partial charge is 0.261 e. The van der Waals surface area contributed by atoms with Crippen molar-refractivity contribution in [2.24, 2.45) is 0 Å². The number of nitrogens with one attached hydrogen (secondary N) is 2. The van der Waals surface area contributed by atoms with Gasteiger partial charge in [0.1, 0.15) is 17.5 Å². The Kier molecular flexibility index (Phi) is 3.16. The standard InChI is InChI=1S/C15H16FN3O3/c1-15(2)18-9-5-3-4-8(16)12(9)14(22)19(15)10-6-7-11(20)17-13(10)21/h3-5,10,18H,6-7H2,1-2H3,(H,17,20,21). The lowest BCUT2D eigenvalue weighted by molar-refractivity contribution is -0.138. The highest BCUT2D eigenvalue weighted by Gasteiger charge is 2.46. The summed E-state index contributed by atoms with van der Waals surface area (Å²) in [7, 11) is 0. The fraction of sp³-hybridized carbons (Fsp3) is 0.400. The monoisotopic (exact) mass is 305 g/mol. The molecule has 7 heteroatoms. The number of nitrogens with zero attached hydrogens (tertiary/aromatic N) is 1. The highest BCUT2D eigenvalue weighted by atomic mass is 19.1. The van der Waals surface area contributed by atoms with Crippen molar-refractivity contribution >= 4 is 23.4 Å². The third kappa shape index (κ3) is 2.13. The van der Waals surface area contributed by atoms with Gasteiger partial charge in [0.25, 0.3) is 5.91 Å². The second-order valence-corrected chi connectivity index (χ2v) is 5.99. The first-order chi connectivity index (χ1) is 10.3. The van der Waals surface area contributed by atoms with Crippen molar-refractivity contribution < 1.29 is 18.8 Å². The Hall–Kier alpha value is -2.44. The van der Waals surface area contributed by atoms with Crippen LogP contribution in [0.2, 0.25) is 0 Å². The van der Waals surface area contributed by atoms with E-state index in [1.54, 1.807) is 19.9 Å². The molecule has 0 bridgehead atoms. The van der Waals surface area contributed by atoms with E-state index in [2.05, 4.69) is 10.6 Å². The largest absolute Gasteiger partial charge is 0.362 e. The molecule has 0 radical (unpaired) electrons. The number of rotatable bonds is 1. The fourth-order valence-electron chi connectivity index (χ4n) is 3.07. The quantitative estimate of drug-likeness (QED) is 0.765. The van der Waals surface area contributed by atoms with Gasteiger partial charge in [-0.3, -0.25) is 19.7 Å². The van der Waals surface area contributed by atoms with Gasteiger partial charge in [-0.15, -0.1) is 0 Å². The van der Waals surface area contributed by atoms with Crippen LogP contribution in [0.4, 0.5) is 10.1 Å². The summed E-state index contributed by atoms with van der Waals surface area (Å²) in [5.41, 5.74) is -0.551. The summed E-state index contributed by atoms with van der Waals surface area (Å²) < 4.78 is 14.0. The number of hydrogen-bond donors (Lipinski definition) is 2. The van der Waals surface area contributed by atoms with E-state index in [9.17, 15) is 18.8 Å². The Bertz CT molecular complexity index is 687. The normalized spacial score (nSPS) is 23.7. The van der Waals surface area contributed by atoms with Crippen molar-refractivity contribution in [3.8, 4) is 0 Å². The fourth-order valence-corrected chi connectivity index (χ4v) is 3.07. The third-order valence-electron chi connectivity index (χ3n) is 4.01. The molecule has 116 valence electrons. The maximum Gasteiger partial charge on any atom is 0.261 e. The number of carbonyl (C=O) groups excluding carboxylic acids is 3. The predicted octanol–water partition coefficient (Wildman–Crippen LogP) is 1.23. The Morgan fingerprint density at radius 3 is 2.68 bits per heavy atom. The van der Waals surface area contributed by atoms with Crippen LogP contribution in [0, 0.1) is 5.82 Å². The summed E-state index contributed by atoms with van der Waals surface area (Å²) in [4.78, 5) is 37.5. The minimum Gasteiger partial charge on any atom is -0.362 e. The van der Waals surface area contributed by atoms with Crippen molar-refractivity contribution in [3.63, 3.8) is 0 Å². The van der Waals surface area contributed by atoms with Gasteiger partial charge in [0.05, 0.1) is 11.3 Å². The van der Waals surface area contributed by atoms with Gasteiger partial charge in [0.15, 0.2) is 0 Å². The number of anilines is 1. The number of amides is 3. The summed E-state index contributed by atoms with van der Waals surface area (Å²) in [5, 5.41) is 5.32. The molecule has 2 aliphatic rings. The summed E-state index contributed by atoms with van der Waals surface area (Å²) in [5.74, 6) is -2.07. The molecular formula is C15H16FN3O3. The average molecular weight is 305 g/mol. The first kappa shape index (κ1) is 14.5. The Morgan fingerprint density at radius 1 is 1.27 bits per heavy atom. The third-order valence-corrected chi connectivity index (χ3v) is 4.01. The van der Waals surface area contributed by atoms with Gasteiger partial charge >= 0.3 is 0 Å². The summed E-state index contributed by atoms with van der Waals surface area (Å²) >= 11 is 0. The van der Waals surface area contributed by atoms with Gasteiger partial charge in [-0.2, -0.15) is 0 Å². The van der Waals surface area contributed by atoms with E-state index in [1.165, 1.54) is 17.0 Å². The minimum absolute atomic E-state index is 0.0773. The van der Waals surface area contributed by atoms with Gasteiger partial charge in [0, 0.05) is 6.42 Å². The minimum atomic E-state index is -0.875. The molecule has 1 atom stereocenters. The average Bonchev–Trinajstić information content (AvgIpc) is 2.40. The Morgan fingerprint density at radius 2 is 2.00 bits per heavy atom. The number of benzene rings is 1. The molecule has 0 spiro atoms. The van der Waals surface area contributed by atoms with Crippen molar-refractivity contribution in [1.82, 2.24) is 10.2 Å². The molecule has 2 N–H and O–H groups in total. The zero-order valence-corrected chi connectivity index (χ0v) is 12.3.